The lowest BCUT2D eigenvalue weighted by Gasteiger charge is -2.17. The third kappa shape index (κ3) is 3.79. The first-order valence-electron chi connectivity index (χ1n) is 9.10. The van der Waals surface area contributed by atoms with Crippen molar-refractivity contribution in [2.24, 2.45) is 5.92 Å². The number of benzene rings is 2. The standard InChI is InChI=1S/C20H20F2N2O3S/c21-14-5-6-15(16(22)10-14)19(25)11-24-18-4-2-1-3-17(18)23-20(24)9-13-7-8-28(26,27)12-13/h1-6,10,13,19,25H,7-9,11-12H2/t13-,19+/m1/s1. The predicted octanol–water partition coefficient (Wildman–Crippen LogP) is 3.03. The van der Waals surface area contributed by atoms with Gasteiger partial charge in [0.05, 0.1) is 35.2 Å². The molecule has 1 saturated heterocycles. The maximum Gasteiger partial charge on any atom is 0.150 e. The van der Waals surface area contributed by atoms with Gasteiger partial charge in [0.1, 0.15) is 17.5 Å². The average Bonchev–Trinajstić information content (AvgIpc) is 3.15. The van der Waals surface area contributed by atoms with Crippen LogP contribution in [0.1, 0.15) is 23.9 Å². The van der Waals surface area contributed by atoms with Crippen molar-refractivity contribution in [3.05, 3.63) is 65.5 Å². The number of para-hydroxylation sites is 2. The summed E-state index contributed by atoms with van der Waals surface area (Å²) < 4.78 is 52.6. The van der Waals surface area contributed by atoms with Crippen LogP contribution in [0.15, 0.2) is 42.5 Å². The highest BCUT2D eigenvalue weighted by atomic mass is 32.2. The number of hydrogen-bond donors (Lipinski definition) is 1. The molecule has 2 atom stereocenters. The van der Waals surface area contributed by atoms with Gasteiger partial charge in [-0.15, -0.1) is 0 Å². The Morgan fingerprint density at radius 3 is 2.71 bits per heavy atom. The monoisotopic (exact) mass is 406 g/mol. The highest BCUT2D eigenvalue weighted by Crippen LogP contribution is 2.27. The van der Waals surface area contributed by atoms with E-state index in [1.165, 1.54) is 6.07 Å². The van der Waals surface area contributed by atoms with Crippen LogP contribution < -0.4 is 0 Å². The van der Waals surface area contributed by atoms with E-state index in [1.807, 2.05) is 24.3 Å². The number of halogens is 2. The Hall–Kier alpha value is -2.32. The first-order valence-corrected chi connectivity index (χ1v) is 10.9. The number of nitrogens with zero attached hydrogens (tertiary/aromatic N) is 2. The number of aromatic nitrogens is 2. The molecule has 1 fully saturated rings. The molecule has 5 nitrogen and oxygen atoms in total. The number of hydrogen-bond acceptors (Lipinski definition) is 4. The van der Waals surface area contributed by atoms with E-state index in [9.17, 15) is 22.3 Å². The first kappa shape index (κ1) is 19.0. The minimum atomic E-state index is -3.01. The summed E-state index contributed by atoms with van der Waals surface area (Å²) in [6.45, 7) is 0.0396. The van der Waals surface area contributed by atoms with Crippen molar-refractivity contribution >= 4 is 20.9 Å². The van der Waals surface area contributed by atoms with Gasteiger partial charge in [0, 0.05) is 18.1 Å². The normalized spacial score (nSPS) is 19.9. The van der Waals surface area contributed by atoms with E-state index in [0.29, 0.717) is 18.7 Å². The van der Waals surface area contributed by atoms with Crippen molar-refractivity contribution in [1.29, 1.82) is 0 Å². The molecule has 148 valence electrons. The summed E-state index contributed by atoms with van der Waals surface area (Å²) >= 11 is 0. The lowest BCUT2D eigenvalue weighted by Crippen LogP contribution is -2.16. The van der Waals surface area contributed by atoms with Crippen LogP contribution in [0.3, 0.4) is 0 Å². The largest absolute Gasteiger partial charge is 0.386 e. The fourth-order valence-electron chi connectivity index (χ4n) is 3.82. The van der Waals surface area contributed by atoms with Gasteiger partial charge in [0.2, 0.25) is 0 Å². The summed E-state index contributed by atoms with van der Waals surface area (Å²) in [5, 5.41) is 10.6. The summed E-state index contributed by atoms with van der Waals surface area (Å²) in [4.78, 5) is 4.61. The molecule has 2 aromatic carbocycles. The Balaban J connectivity index is 1.67. The van der Waals surface area contributed by atoms with E-state index < -0.39 is 27.6 Å². The minimum Gasteiger partial charge on any atom is -0.386 e. The minimum absolute atomic E-state index is 0.00794. The molecule has 2 heterocycles. The molecule has 28 heavy (non-hydrogen) atoms. The van der Waals surface area contributed by atoms with Crippen LogP contribution in [-0.4, -0.2) is 34.6 Å². The molecular formula is C20H20F2N2O3S. The van der Waals surface area contributed by atoms with Crippen LogP contribution >= 0.6 is 0 Å². The van der Waals surface area contributed by atoms with Crippen molar-refractivity contribution in [2.75, 3.05) is 11.5 Å². The number of sulfone groups is 1. The van der Waals surface area contributed by atoms with Crippen LogP contribution in [0, 0.1) is 17.6 Å². The van der Waals surface area contributed by atoms with Gasteiger partial charge in [-0.05, 0) is 30.5 Å². The molecule has 0 saturated carbocycles. The Labute approximate surface area is 161 Å². The van der Waals surface area contributed by atoms with E-state index >= 15 is 0 Å². The molecule has 0 aliphatic carbocycles. The van der Waals surface area contributed by atoms with E-state index in [-0.39, 0.29) is 29.5 Å². The lowest BCUT2D eigenvalue weighted by molar-refractivity contribution is 0.152. The van der Waals surface area contributed by atoms with Gasteiger partial charge in [0.25, 0.3) is 0 Å². The molecule has 0 amide bonds. The molecule has 1 aliphatic rings. The molecule has 0 bridgehead atoms. The SMILES string of the molecule is O=S1(=O)CC[C@H](Cc2nc3ccccc3n2C[C@H](O)c2ccc(F)cc2F)C1. The van der Waals surface area contributed by atoms with Crippen molar-refractivity contribution < 1.29 is 22.3 Å². The van der Waals surface area contributed by atoms with E-state index in [1.54, 1.807) is 4.57 Å². The highest BCUT2D eigenvalue weighted by Gasteiger charge is 2.29. The van der Waals surface area contributed by atoms with Gasteiger partial charge >= 0.3 is 0 Å². The van der Waals surface area contributed by atoms with Gasteiger partial charge in [0.15, 0.2) is 9.84 Å². The van der Waals surface area contributed by atoms with E-state index in [0.717, 1.165) is 23.2 Å². The number of aliphatic hydroxyl groups is 1. The Bertz CT molecular complexity index is 1130. The van der Waals surface area contributed by atoms with Gasteiger partial charge in [-0.2, -0.15) is 0 Å². The van der Waals surface area contributed by atoms with Crippen molar-refractivity contribution in [2.45, 2.75) is 25.5 Å². The lowest BCUT2D eigenvalue weighted by atomic mass is 10.0. The van der Waals surface area contributed by atoms with Gasteiger partial charge in [-0.3, -0.25) is 0 Å². The summed E-state index contributed by atoms with van der Waals surface area (Å²) in [6.07, 6.45) is -0.142. The fraction of sp³-hybridized carbons (Fsp3) is 0.350. The zero-order chi connectivity index (χ0) is 19.9. The molecule has 4 rings (SSSR count). The number of imidazole rings is 1. The maximum atomic E-state index is 14.1. The van der Waals surface area contributed by atoms with Gasteiger partial charge in [-0.25, -0.2) is 22.2 Å². The zero-order valence-electron chi connectivity index (χ0n) is 15.1. The van der Waals surface area contributed by atoms with Gasteiger partial charge in [-0.1, -0.05) is 18.2 Å². The Morgan fingerprint density at radius 2 is 2.00 bits per heavy atom. The third-order valence-corrected chi connectivity index (χ3v) is 7.05. The summed E-state index contributed by atoms with van der Waals surface area (Å²) in [6, 6.07) is 10.5. The Morgan fingerprint density at radius 1 is 1.21 bits per heavy atom. The van der Waals surface area contributed by atoms with Crippen molar-refractivity contribution in [1.82, 2.24) is 9.55 Å². The van der Waals surface area contributed by atoms with Crippen LogP contribution in [0.4, 0.5) is 8.78 Å². The Kier molecular flexibility index (Phi) is 4.93. The van der Waals surface area contributed by atoms with E-state index in [4.69, 9.17) is 0 Å². The zero-order valence-corrected chi connectivity index (χ0v) is 15.9. The van der Waals surface area contributed by atoms with Crippen molar-refractivity contribution in [3.8, 4) is 0 Å². The quantitative estimate of drug-likeness (QED) is 0.707. The fourth-order valence-corrected chi connectivity index (χ4v) is 5.68. The molecule has 0 spiro atoms. The number of aliphatic hydroxyl groups excluding tert-OH is 1. The smallest absolute Gasteiger partial charge is 0.150 e. The van der Waals surface area contributed by atoms with Crippen LogP contribution in [0.25, 0.3) is 11.0 Å². The molecule has 1 N–H and O–H groups in total. The second kappa shape index (κ2) is 7.25. The van der Waals surface area contributed by atoms with E-state index in [2.05, 4.69) is 4.98 Å². The third-order valence-electron chi connectivity index (χ3n) is 5.21. The molecule has 3 aromatic rings. The summed E-state index contributed by atoms with van der Waals surface area (Å²) in [7, 11) is -3.01. The molecule has 0 radical (unpaired) electrons. The number of fused-ring (bicyclic) bond motifs is 1. The highest BCUT2D eigenvalue weighted by molar-refractivity contribution is 7.91. The molecule has 0 unspecified atom stereocenters. The predicted molar refractivity (Wildman–Crippen MR) is 102 cm³/mol. The molecule has 1 aromatic heterocycles. The summed E-state index contributed by atoms with van der Waals surface area (Å²) in [5.41, 5.74) is 1.51. The van der Waals surface area contributed by atoms with Crippen LogP contribution in [-0.2, 0) is 22.8 Å². The molecule has 1 aliphatic heterocycles. The second-order valence-electron chi connectivity index (χ2n) is 7.28. The molecule has 8 heteroatoms. The average molecular weight is 406 g/mol. The van der Waals surface area contributed by atoms with Crippen LogP contribution in [0.2, 0.25) is 0 Å². The van der Waals surface area contributed by atoms with Gasteiger partial charge < -0.3 is 9.67 Å². The number of rotatable bonds is 5. The van der Waals surface area contributed by atoms with Crippen molar-refractivity contribution in [3.63, 3.8) is 0 Å². The maximum absolute atomic E-state index is 14.1. The molecular weight excluding hydrogens is 386 g/mol. The topological polar surface area (TPSA) is 72.2 Å². The second-order valence-corrected chi connectivity index (χ2v) is 9.51. The first-order chi connectivity index (χ1) is 13.3. The summed E-state index contributed by atoms with van der Waals surface area (Å²) in [5.74, 6) is -0.567. The van der Waals surface area contributed by atoms with Crippen LogP contribution in [0.5, 0.6) is 0 Å².